The lowest BCUT2D eigenvalue weighted by atomic mass is 10.1. The van der Waals surface area contributed by atoms with Gasteiger partial charge in [-0.05, 0) is 25.2 Å². The van der Waals surface area contributed by atoms with Gasteiger partial charge in [0.2, 0.25) is 11.8 Å². The van der Waals surface area contributed by atoms with Crippen LogP contribution in [0.25, 0.3) is 0 Å². The number of piperidine rings is 1. The maximum Gasteiger partial charge on any atom is 0.233 e. The maximum atomic E-state index is 11.6. The van der Waals surface area contributed by atoms with Crippen molar-refractivity contribution in [2.75, 3.05) is 11.9 Å². The molecule has 2 amide bonds. The number of carbonyl (C=O) groups is 2. The Bertz CT molecular complexity index is 272. The third-order valence-electron chi connectivity index (χ3n) is 3.40. The Morgan fingerprint density at radius 1 is 1.33 bits per heavy atom. The van der Waals surface area contributed by atoms with Gasteiger partial charge in [-0.1, -0.05) is 22.9 Å². The molecule has 1 aliphatic heterocycles. The Hall–Kier alpha value is -0.380. The molecular weight excluding hydrogens is 258 g/mol. The third-order valence-corrected chi connectivity index (χ3v) is 3.86. The predicted molar refractivity (Wildman–Crippen MR) is 60.5 cm³/mol. The summed E-state index contributed by atoms with van der Waals surface area (Å²) in [4.78, 5) is 24.7. The van der Waals surface area contributed by atoms with E-state index >= 15 is 0 Å². The zero-order valence-corrected chi connectivity index (χ0v) is 10.5. The molecule has 84 valence electrons. The monoisotopic (exact) mass is 273 g/mol. The van der Waals surface area contributed by atoms with E-state index in [4.69, 9.17) is 0 Å². The number of rotatable bonds is 5. The summed E-state index contributed by atoms with van der Waals surface area (Å²) >= 11 is 3.40. The Labute approximate surface area is 98.3 Å². The number of likely N-dealkylation sites (tertiary alicyclic amines) is 1. The van der Waals surface area contributed by atoms with Crippen molar-refractivity contribution in [3.05, 3.63) is 0 Å². The summed E-state index contributed by atoms with van der Waals surface area (Å²) in [5.74, 6) is 0.849. The SMILES string of the molecule is CC(CCBr)CCN1C(=O)C2CC2C1=O. The highest BCUT2D eigenvalue weighted by Gasteiger charge is 2.58. The van der Waals surface area contributed by atoms with E-state index in [0.29, 0.717) is 12.5 Å². The Morgan fingerprint density at radius 2 is 1.93 bits per heavy atom. The first-order chi connectivity index (χ1) is 7.15. The second-order valence-electron chi connectivity index (χ2n) is 4.65. The lowest BCUT2D eigenvalue weighted by Gasteiger charge is -2.18. The zero-order chi connectivity index (χ0) is 11.0. The average Bonchev–Trinajstić information content (AvgIpc) is 2.92. The van der Waals surface area contributed by atoms with Gasteiger partial charge in [-0.3, -0.25) is 14.5 Å². The molecule has 0 N–H and O–H groups in total. The topological polar surface area (TPSA) is 37.4 Å². The molecule has 0 bridgehead atoms. The van der Waals surface area contributed by atoms with Gasteiger partial charge in [0.05, 0.1) is 11.8 Å². The molecule has 2 aliphatic rings. The molecule has 3 nitrogen and oxygen atoms in total. The van der Waals surface area contributed by atoms with Gasteiger partial charge >= 0.3 is 0 Å². The van der Waals surface area contributed by atoms with Crippen LogP contribution in [0.3, 0.4) is 0 Å². The molecule has 0 spiro atoms. The van der Waals surface area contributed by atoms with Gasteiger partial charge in [-0.25, -0.2) is 0 Å². The van der Waals surface area contributed by atoms with Crippen LogP contribution in [0.1, 0.15) is 26.2 Å². The molecule has 2 fully saturated rings. The number of hydrogen-bond donors (Lipinski definition) is 0. The Balaban J connectivity index is 1.80. The molecule has 0 radical (unpaired) electrons. The van der Waals surface area contributed by atoms with Crippen LogP contribution in [0, 0.1) is 17.8 Å². The molecule has 1 heterocycles. The van der Waals surface area contributed by atoms with E-state index in [-0.39, 0.29) is 23.7 Å². The molecule has 15 heavy (non-hydrogen) atoms. The lowest BCUT2D eigenvalue weighted by Crippen LogP contribution is -2.34. The fourth-order valence-electron chi connectivity index (χ4n) is 2.15. The minimum atomic E-state index is 0.0592. The average molecular weight is 274 g/mol. The number of carbonyl (C=O) groups excluding carboxylic acids is 2. The van der Waals surface area contributed by atoms with Crippen LogP contribution < -0.4 is 0 Å². The summed E-state index contributed by atoms with van der Waals surface area (Å²) in [6, 6.07) is 0. The summed E-state index contributed by atoms with van der Waals surface area (Å²) in [7, 11) is 0. The van der Waals surface area contributed by atoms with Crippen molar-refractivity contribution in [2.24, 2.45) is 17.8 Å². The highest BCUT2D eigenvalue weighted by Crippen LogP contribution is 2.46. The summed E-state index contributed by atoms with van der Waals surface area (Å²) < 4.78 is 0. The molecule has 2 rings (SSSR count). The van der Waals surface area contributed by atoms with Crippen molar-refractivity contribution in [2.45, 2.75) is 26.2 Å². The highest BCUT2D eigenvalue weighted by atomic mass is 79.9. The molecule has 1 saturated carbocycles. The number of imide groups is 1. The van der Waals surface area contributed by atoms with E-state index in [2.05, 4.69) is 22.9 Å². The van der Waals surface area contributed by atoms with Crippen LogP contribution in [0.2, 0.25) is 0 Å². The number of alkyl halides is 1. The van der Waals surface area contributed by atoms with Crippen molar-refractivity contribution in [1.29, 1.82) is 0 Å². The molecule has 0 aromatic rings. The van der Waals surface area contributed by atoms with Crippen molar-refractivity contribution in [3.8, 4) is 0 Å². The Morgan fingerprint density at radius 3 is 2.47 bits per heavy atom. The predicted octanol–water partition coefficient (Wildman–Crippen LogP) is 1.80. The van der Waals surface area contributed by atoms with Gasteiger partial charge in [-0.2, -0.15) is 0 Å². The quantitative estimate of drug-likeness (QED) is 0.566. The maximum absolute atomic E-state index is 11.6. The van der Waals surface area contributed by atoms with E-state index < -0.39 is 0 Å². The number of fused-ring (bicyclic) bond motifs is 1. The number of amides is 2. The molecule has 1 saturated heterocycles. The first-order valence-electron chi connectivity index (χ1n) is 5.56. The lowest BCUT2D eigenvalue weighted by molar-refractivity contribution is -0.141. The van der Waals surface area contributed by atoms with Gasteiger partial charge in [0.1, 0.15) is 0 Å². The van der Waals surface area contributed by atoms with Crippen LogP contribution in [0.5, 0.6) is 0 Å². The minimum absolute atomic E-state index is 0.0592. The molecule has 0 aromatic heterocycles. The summed E-state index contributed by atoms with van der Waals surface area (Å²) in [6.45, 7) is 2.78. The van der Waals surface area contributed by atoms with Crippen molar-refractivity contribution in [1.82, 2.24) is 4.90 Å². The fraction of sp³-hybridized carbons (Fsp3) is 0.818. The molecule has 0 aromatic carbocycles. The Kier molecular flexibility index (Phi) is 3.14. The first kappa shape index (κ1) is 11.1. The van der Waals surface area contributed by atoms with E-state index in [1.807, 2.05) is 0 Å². The smallest absolute Gasteiger partial charge is 0.233 e. The van der Waals surface area contributed by atoms with Crippen LogP contribution in [-0.4, -0.2) is 28.6 Å². The molecule has 4 heteroatoms. The minimum Gasteiger partial charge on any atom is -0.282 e. The van der Waals surface area contributed by atoms with Crippen molar-refractivity contribution < 1.29 is 9.59 Å². The van der Waals surface area contributed by atoms with Gasteiger partial charge in [0, 0.05) is 11.9 Å². The fourth-order valence-corrected chi connectivity index (χ4v) is 2.93. The largest absolute Gasteiger partial charge is 0.282 e. The summed E-state index contributed by atoms with van der Waals surface area (Å²) in [6.07, 6.45) is 2.84. The van der Waals surface area contributed by atoms with Gasteiger partial charge in [0.15, 0.2) is 0 Å². The normalized spacial score (nSPS) is 30.7. The van der Waals surface area contributed by atoms with Crippen LogP contribution >= 0.6 is 15.9 Å². The van der Waals surface area contributed by atoms with Crippen molar-refractivity contribution in [3.63, 3.8) is 0 Å². The zero-order valence-electron chi connectivity index (χ0n) is 8.91. The summed E-state index contributed by atoms with van der Waals surface area (Å²) in [5, 5.41) is 0.987. The summed E-state index contributed by atoms with van der Waals surface area (Å²) in [5.41, 5.74) is 0. The van der Waals surface area contributed by atoms with Gasteiger partial charge in [-0.15, -0.1) is 0 Å². The molecule has 1 aliphatic carbocycles. The van der Waals surface area contributed by atoms with Gasteiger partial charge in [0.25, 0.3) is 0 Å². The molecule has 3 unspecified atom stereocenters. The van der Waals surface area contributed by atoms with E-state index in [1.54, 1.807) is 0 Å². The standard InChI is InChI=1S/C11H16BrNO2/c1-7(2-4-12)3-5-13-10(14)8-6-9(8)11(13)15/h7-9H,2-6H2,1H3. The molecular formula is C11H16BrNO2. The van der Waals surface area contributed by atoms with Crippen molar-refractivity contribution >= 4 is 27.7 Å². The second-order valence-corrected chi connectivity index (χ2v) is 5.44. The van der Waals surface area contributed by atoms with Crippen LogP contribution in [0.4, 0.5) is 0 Å². The number of nitrogens with zero attached hydrogens (tertiary/aromatic N) is 1. The van der Waals surface area contributed by atoms with Crippen LogP contribution in [-0.2, 0) is 9.59 Å². The molecule has 3 atom stereocenters. The number of hydrogen-bond acceptors (Lipinski definition) is 2. The van der Waals surface area contributed by atoms with Gasteiger partial charge < -0.3 is 0 Å². The number of halogens is 1. The van der Waals surface area contributed by atoms with E-state index in [9.17, 15) is 9.59 Å². The van der Waals surface area contributed by atoms with Crippen LogP contribution in [0.15, 0.2) is 0 Å². The van der Waals surface area contributed by atoms with E-state index in [1.165, 1.54) is 4.90 Å². The van der Waals surface area contributed by atoms with E-state index in [0.717, 1.165) is 24.6 Å². The first-order valence-corrected chi connectivity index (χ1v) is 6.68. The third kappa shape index (κ3) is 2.10. The second kappa shape index (κ2) is 4.24. The highest BCUT2D eigenvalue weighted by molar-refractivity contribution is 9.09.